The molecule has 18 heavy (non-hydrogen) atoms. The number of nitrogens with one attached hydrogen (secondary N) is 1. The first-order valence-corrected chi connectivity index (χ1v) is 6.97. The van der Waals surface area contributed by atoms with Gasteiger partial charge in [-0.15, -0.1) is 0 Å². The van der Waals surface area contributed by atoms with Crippen LogP contribution in [0.4, 0.5) is 0 Å². The Bertz CT molecular complexity index is 352. The fourth-order valence-electron chi connectivity index (χ4n) is 3.38. The van der Waals surface area contributed by atoms with E-state index in [1.165, 1.54) is 0 Å². The Balaban J connectivity index is 1.75. The minimum Gasteiger partial charge on any atom is -0.368 e. The van der Waals surface area contributed by atoms with Crippen molar-refractivity contribution in [1.29, 1.82) is 0 Å². The lowest BCUT2D eigenvalue weighted by Gasteiger charge is -2.44. The predicted molar refractivity (Wildman–Crippen MR) is 64.9 cm³/mol. The lowest BCUT2D eigenvalue weighted by Crippen LogP contribution is -2.64. The molecule has 100 valence electrons. The standard InChI is InChI=1S/C13H20N2O3/c16-12-8-15(13(17)11-6-3-7-18-11)10-5-2-1-4-9(10)14-12/h9-11H,1-8H2,(H,14,16)/t9-,10-,11-/m0/s1. The molecule has 5 nitrogen and oxygen atoms in total. The van der Waals surface area contributed by atoms with Crippen molar-refractivity contribution in [2.45, 2.75) is 56.7 Å². The maximum absolute atomic E-state index is 12.4. The van der Waals surface area contributed by atoms with Crippen molar-refractivity contribution in [1.82, 2.24) is 10.2 Å². The number of ether oxygens (including phenoxy) is 1. The van der Waals surface area contributed by atoms with Gasteiger partial charge in [-0.05, 0) is 25.7 Å². The first kappa shape index (κ1) is 12.0. The summed E-state index contributed by atoms with van der Waals surface area (Å²) >= 11 is 0. The Kier molecular flexibility index (Phi) is 3.24. The van der Waals surface area contributed by atoms with Crippen LogP contribution in [0.25, 0.3) is 0 Å². The molecule has 2 saturated heterocycles. The Morgan fingerprint density at radius 1 is 1.22 bits per heavy atom. The van der Waals surface area contributed by atoms with Crippen molar-refractivity contribution in [2.75, 3.05) is 13.2 Å². The topological polar surface area (TPSA) is 58.6 Å². The van der Waals surface area contributed by atoms with Gasteiger partial charge in [0.2, 0.25) is 5.91 Å². The molecule has 1 aliphatic carbocycles. The zero-order valence-electron chi connectivity index (χ0n) is 10.6. The van der Waals surface area contributed by atoms with E-state index in [9.17, 15) is 9.59 Å². The van der Waals surface area contributed by atoms with E-state index in [1.54, 1.807) is 4.90 Å². The molecule has 0 aromatic heterocycles. The van der Waals surface area contributed by atoms with Gasteiger partial charge in [-0.1, -0.05) is 12.8 Å². The van der Waals surface area contributed by atoms with E-state index in [0.717, 1.165) is 38.5 Å². The summed E-state index contributed by atoms with van der Waals surface area (Å²) < 4.78 is 5.46. The summed E-state index contributed by atoms with van der Waals surface area (Å²) in [5.41, 5.74) is 0. The largest absolute Gasteiger partial charge is 0.368 e. The molecule has 1 saturated carbocycles. The number of carbonyl (C=O) groups is 2. The van der Waals surface area contributed by atoms with E-state index < -0.39 is 0 Å². The Hall–Kier alpha value is -1.10. The fraction of sp³-hybridized carbons (Fsp3) is 0.846. The number of amides is 2. The number of hydrogen-bond acceptors (Lipinski definition) is 3. The molecule has 3 aliphatic rings. The summed E-state index contributed by atoms with van der Waals surface area (Å²) in [5.74, 6) is 0.00347. The minimum absolute atomic E-state index is 0.0236. The molecular weight excluding hydrogens is 232 g/mol. The van der Waals surface area contributed by atoms with E-state index in [2.05, 4.69) is 5.32 Å². The number of rotatable bonds is 1. The third kappa shape index (κ3) is 2.11. The summed E-state index contributed by atoms with van der Waals surface area (Å²) in [6.07, 6.45) is 5.72. The smallest absolute Gasteiger partial charge is 0.252 e. The van der Waals surface area contributed by atoms with Gasteiger partial charge in [0.05, 0.1) is 12.6 Å². The second kappa shape index (κ2) is 4.88. The summed E-state index contributed by atoms with van der Waals surface area (Å²) in [6.45, 7) is 0.879. The molecule has 0 radical (unpaired) electrons. The zero-order valence-corrected chi connectivity index (χ0v) is 10.6. The highest BCUT2D eigenvalue weighted by Gasteiger charge is 2.41. The van der Waals surface area contributed by atoms with Crippen molar-refractivity contribution < 1.29 is 14.3 Å². The van der Waals surface area contributed by atoms with Crippen LogP contribution < -0.4 is 5.32 Å². The molecule has 3 fully saturated rings. The number of nitrogens with zero attached hydrogens (tertiary/aromatic N) is 1. The highest BCUT2D eigenvalue weighted by atomic mass is 16.5. The van der Waals surface area contributed by atoms with Gasteiger partial charge >= 0.3 is 0 Å². The normalized spacial score (nSPS) is 36.1. The highest BCUT2D eigenvalue weighted by molar-refractivity contribution is 5.88. The van der Waals surface area contributed by atoms with Crippen LogP contribution in [0.1, 0.15) is 38.5 Å². The monoisotopic (exact) mass is 252 g/mol. The van der Waals surface area contributed by atoms with Crippen molar-refractivity contribution in [3.63, 3.8) is 0 Å². The van der Waals surface area contributed by atoms with Crippen molar-refractivity contribution in [3.05, 3.63) is 0 Å². The van der Waals surface area contributed by atoms with E-state index in [0.29, 0.717) is 6.61 Å². The first-order valence-electron chi connectivity index (χ1n) is 6.97. The predicted octanol–water partition coefficient (Wildman–Crippen LogP) is 0.435. The fourth-order valence-corrected chi connectivity index (χ4v) is 3.38. The van der Waals surface area contributed by atoms with Crippen LogP contribution in [-0.2, 0) is 14.3 Å². The quantitative estimate of drug-likeness (QED) is 0.736. The first-order chi connectivity index (χ1) is 8.75. The average Bonchev–Trinajstić information content (AvgIpc) is 2.90. The molecule has 1 N–H and O–H groups in total. The third-order valence-corrected chi connectivity index (χ3v) is 4.28. The van der Waals surface area contributed by atoms with Gasteiger partial charge in [-0.25, -0.2) is 0 Å². The molecule has 0 spiro atoms. The van der Waals surface area contributed by atoms with Crippen molar-refractivity contribution in [3.8, 4) is 0 Å². The molecule has 5 heteroatoms. The van der Waals surface area contributed by atoms with Crippen LogP contribution in [0.3, 0.4) is 0 Å². The summed E-state index contributed by atoms with van der Waals surface area (Å²) in [4.78, 5) is 25.9. The van der Waals surface area contributed by atoms with Crippen LogP contribution in [0.15, 0.2) is 0 Å². The molecule has 2 aliphatic heterocycles. The third-order valence-electron chi connectivity index (χ3n) is 4.28. The second-order valence-electron chi connectivity index (χ2n) is 5.49. The number of piperazine rings is 1. The van der Waals surface area contributed by atoms with E-state index >= 15 is 0 Å². The summed E-state index contributed by atoms with van der Waals surface area (Å²) in [5, 5.41) is 3.02. The van der Waals surface area contributed by atoms with Crippen LogP contribution >= 0.6 is 0 Å². The lowest BCUT2D eigenvalue weighted by molar-refractivity contribution is -0.151. The molecule has 0 aromatic carbocycles. The molecular formula is C13H20N2O3. The summed E-state index contributed by atoms with van der Waals surface area (Å²) in [7, 11) is 0. The van der Waals surface area contributed by atoms with Crippen molar-refractivity contribution in [2.24, 2.45) is 0 Å². The van der Waals surface area contributed by atoms with Gasteiger partial charge in [0.25, 0.3) is 5.91 Å². The Labute approximate surface area is 107 Å². The van der Waals surface area contributed by atoms with Crippen molar-refractivity contribution >= 4 is 11.8 Å². The molecule has 2 heterocycles. The number of fused-ring (bicyclic) bond motifs is 1. The molecule has 0 unspecified atom stereocenters. The SMILES string of the molecule is O=C1CN(C(=O)[C@@H]2CCCO2)[C@H]2CCCC[C@@H]2N1. The average molecular weight is 252 g/mol. The number of carbonyl (C=O) groups excluding carboxylic acids is 2. The maximum Gasteiger partial charge on any atom is 0.252 e. The molecule has 3 rings (SSSR count). The zero-order chi connectivity index (χ0) is 12.5. The van der Waals surface area contributed by atoms with E-state index in [-0.39, 0.29) is 36.5 Å². The van der Waals surface area contributed by atoms with Gasteiger partial charge in [-0.3, -0.25) is 9.59 Å². The highest BCUT2D eigenvalue weighted by Crippen LogP contribution is 2.27. The van der Waals surface area contributed by atoms with E-state index in [4.69, 9.17) is 4.74 Å². The minimum atomic E-state index is -0.307. The van der Waals surface area contributed by atoms with Crippen LogP contribution in [-0.4, -0.2) is 48.1 Å². The Morgan fingerprint density at radius 2 is 2.06 bits per heavy atom. The lowest BCUT2D eigenvalue weighted by atomic mass is 9.87. The molecule has 3 atom stereocenters. The van der Waals surface area contributed by atoms with Crippen LogP contribution in [0.2, 0.25) is 0 Å². The molecule has 2 amide bonds. The molecule has 0 aromatic rings. The number of hydrogen-bond donors (Lipinski definition) is 1. The second-order valence-corrected chi connectivity index (χ2v) is 5.49. The molecule has 0 bridgehead atoms. The van der Waals surface area contributed by atoms with Gasteiger partial charge in [0, 0.05) is 12.6 Å². The summed E-state index contributed by atoms with van der Waals surface area (Å²) in [6, 6.07) is 0.346. The van der Waals surface area contributed by atoms with E-state index in [1.807, 2.05) is 0 Å². The van der Waals surface area contributed by atoms with Gasteiger partial charge in [0.15, 0.2) is 0 Å². The van der Waals surface area contributed by atoms with Gasteiger partial charge < -0.3 is 15.0 Å². The van der Waals surface area contributed by atoms with Crippen LogP contribution in [0.5, 0.6) is 0 Å². The van der Waals surface area contributed by atoms with Crippen LogP contribution in [0, 0.1) is 0 Å². The maximum atomic E-state index is 12.4. The Morgan fingerprint density at radius 3 is 2.83 bits per heavy atom. The van der Waals surface area contributed by atoms with Gasteiger partial charge in [-0.2, -0.15) is 0 Å². The van der Waals surface area contributed by atoms with Gasteiger partial charge in [0.1, 0.15) is 6.10 Å².